The molecule has 25 heavy (non-hydrogen) atoms. The monoisotopic (exact) mass is 384 g/mol. The lowest BCUT2D eigenvalue weighted by Crippen LogP contribution is -2.23. The number of halogens is 3. The van der Waals surface area contributed by atoms with Crippen LogP contribution in [0.5, 0.6) is 5.75 Å². The van der Waals surface area contributed by atoms with E-state index >= 15 is 0 Å². The van der Waals surface area contributed by atoms with Crippen LogP contribution in [0.1, 0.15) is 15.9 Å². The first-order valence-corrected chi connectivity index (χ1v) is 8.41. The highest BCUT2D eigenvalue weighted by Gasteiger charge is 2.14. The van der Waals surface area contributed by atoms with Gasteiger partial charge in [-0.25, -0.2) is 4.39 Å². The number of likely N-dealkylation sites (N-methyl/N-ethyl adjacent to an activating group) is 1. The van der Waals surface area contributed by atoms with Crippen LogP contribution in [0.3, 0.4) is 0 Å². The minimum absolute atomic E-state index is 0.0483. The maximum absolute atomic E-state index is 13.5. The minimum atomic E-state index is -0.685. The van der Waals surface area contributed by atoms with Crippen molar-refractivity contribution in [1.29, 1.82) is 0 Å². The van der Waals surface area contributed by atoms with Crippen molar-refractivity contribution < 1.29 is 13.9 Å². The van der Waals surface area contributed by atoms with Crippen LogP contribution in [0, 0.1) is 5.82 Å². The molecule has 0 saturated carbocycles. The van der Waals surface area contributed by atoms with Crippen molar-refractivity contribution in [1.82, 2.24) is 10.2 Å². The molecule has 0 atom stereocenters. The molecule has 0 fully saturated rings. The zero-order chi connectivity index (χ0) is 18.4. The van der Waals surface area contributed by atoms with Crippen LogP contribution in [-0.2, 0) is 6.54 Å². The van der Waals surface area contributed by atoms with Gasteiger partial charge in [-0.15, -0.1) is 0 Å². The van der Waals surface area contributed by atoms with Crippen molar-refractivity contribution in [2.24, 2.45) is 0 Å². The van der Waals surface area contributed by atoms with Crippen LogP contribution in [0.2, 0.25) is 10.0 Å². The number of amides is 1. The third-order valence-electron chi connectivity index (χ3n) is 3.44. The first-order chi connectivity index (χ1) is 11.9. The summed E-state index contributed by atoms with van der Waals surface area (Å²) < 4.78 is 19.1. The fourth-order valence-corrected chi connectivity index (χ4v) is 2.49. The molecule has 2 aromatic rings. The Hall–Kier alpha value is -1.82. The Kier molecular flexibility index (Phi) is 7.05. The van der Waals surface area contributed by atoms with Gasteiger partial charge in [0, 0.05) is 13.1 Å². The van der Waals surface area contributed by atoms with E-state index in [0.717, 1.165) is 23.9 Å². The zero-order valence-corrected chi connectivity index (χ0v) is 15.5. The van der Waals surface area contributed by atoms with Crippen molar-refractivity contribution >= 4 is 29.1 Å². The molecule has 0 spiro atoms. The molecule has 2 rings (SSSR count). The number of carbonyl (C=O) groups excluding carboxylic acids is 1. The number of hydrogen-bond donors (Lipinski definition) is 1. The molecule has 0 unspecified atom stereocenters. The van der Waals surface area contributed by atoms with E-state index in [9.17, 15) is 9.18 Å². The quantitative estimate of drug-likeness (QED) is 0.733. The second kappa shape index (κ2) is 9.04. The smallest absolute Gasteiger partial charge is 0.253 e. The second-order valence-electron chi connectivity index (χ2n) is 5.72. The van der Waals surface area contributed by atoms with Crippen LogP contribution in [0.25, 0.3) is 0 Å². The van der Waals surface area contributed by atoms with Gasteiger partial charge in [-0.2, -0.15) is 0 Å². The molecule has 0 bridgehead atoms. The third kappa shape index (κ3) is 5.88. The number of nitrogens with zero attached hydrogens (tertiary/aromatic N) is 1. The molecule has 4 nitrogen and oxygen atoms in total. The molecule has 0 aliphatic carbocycles. The molecular weight excluding hydrogens is 366 g/mol. The summed E-state index contributed by atoms with van der Waals surface area (Å²) in [6, 6.07) is 9.64. The molecular formula is C18H19Cl2FN2O2. The Morgan fingerprint density at radius 1 is 1.16 bits per heavy atom. The van der Waals surface area contributed by atoms with Gasteiger partial charge in [0.15, 0.2) is 0 Å². The summed E-state index contributed by atoms with van der Waals surface area (Å²) in [6.45, 7) is 1.72. The molecule has 0 aromatic heterocycles. The Morgan fingerprint density at radius 3 is 2.48 bits per heavy atom. The van der Waals surface area contributed by atoms with Crippen LogP contribution in [-0.4, -0.2) is 38.1 Å². The SMILES string of the molecule is CN(C)CCOc1ccc(CNC(=O)c2cc(F)c(Cl)cc2Cl)cc1. The van der Waals surface area contributed by atoms with E-state index in [1.54, 1.807) is 0 Å². The summed E-state index contributed by atoms with van der Waals surface area (Å²) in [5.41, 5.74) is 0.936. The fourth-order valence-electron chi connectivity index (χ4n) is 2.02. The van der Waals surface area contributed by atoms with Crippen LogP contribution >= 0.6 is 23.2 Å². The largest absolute Gasteiger partial charge is 0.492 e. The Labute approximate surface area is 156 Å². The van der Waals surface area contributed by atoms with Gasteiger partial charge in [-0.3, -0.25) is 4.79 Å². The van der Waals surface area contributed by atoms with Crippen molar-refractivity contribution in [2.75, 3.05) is 27.2 Å². The molecule has 0 aliphatic heterocycles. The highest BCUT2D eigenvalue weighted by atomic mass is 35.5. The second-order valence-corrected chi connectivity index (χ2v) is 6.54. The normalized spacial score (nSPS) is 10.8. The first-order valence-electron chi connectivity index (χ1n) is 7.66. The molecule has 0 radical (unpaired) electrons. The summed E-state index contributed by atoms with van der Waals surface area (Å²) in [5.74, 6) is -0.387. The first kappa shape index (κ1) is 19.5. The third-order valence-corrected chi connectivity index (χ3v) is 4.04. The average Bonchev–Trinajstić information content (AvgIpc) is 2.57. The van der Waals surface area contributed by atoms with Crippen molar-refractivity contribution in [3.63, 3.8) is 0 Å². The van der Waals surface area contributed by atoms with E-state index in [-0.39, 0.29) is 22.2 Å². The maximum atomic E-state index is 13.5. The summed E-state index contributed by atoms with van der Waals surface area (Å²) in [7, 11) is 3.96. The van der Waals surface area contributed by atoms with Gasteiger partial charge in [0.05, 0.1) is 15.6 Å². The number of rotatable bonds is 7. The maximum Gasteiger partial charge on any atom is 0.253 e. The number of hydrogen-bond acceptors (Lipinski definition) is 3. The van der Waals surface area contributed by atoms with Gasteiger partial charge < -0.3 is 15.0 Å². The highest BCUT2D eigenvalue weighted by molar-refractivity contribution is 6.36. The average molecular weight is 385 g/mol. The number of benzene rings is 2. The van der Waals surface area contributed by atoms with Crippen LogP contribution in [0.4, 0.5) is 4.39 Å². The summed E-state index contributed by atoms with van der Waals surface area (Å²) in [4.78, 5) is 14.2. The van der Waals surface area contributed by atoms with Crippen molar-refractivity contribution in [3.8, 4) is 5.75 Å². The van der Waals surface area contributed by atoms with E-state index in [1.807, 2.05) is 43.3 Å². The zero-order valence-electron chi connectivity index (χ0n) is 14.0. The Morgan fingerprint density at radius 2 is 1.84 bits per heavy atom. The van der Waals surface area contributed by atoms with Gasteiger partial charge in [-0.1, -0.05) is 35.3 Å². The lowest BCUT2D eigenvalue weighted by Gasteiger charge is -2.11. The van der Waals surface area contributed by atoms with E-state index in [4.69, 9.17) is 27.9 Å². The molecule has 0 saturated heterocycles. The molecule has 1 amide bonds. The van der Waals surface area contributed by atoms with Gasteiger partial charge >= 0.3 is 0 Å². The lowest BCUT2D eigenvalue weighted by atomic mass is 10.2. The van der Waals surface area contributed by atoms with Crippen LogP contribution in [0.15, 0.2) is 36.4 Å². The van der Waals surface area contributed by atoms with Crippen LogP contribution < -0.4 is 10.1 Å². The van der Waals surface area contributed by atoms with E-state index in [0.29, 0.717) is 6.61 Å². The molecule has 1 N–H and O–H groups in total. The molecule has 134 valence electrons. The molecule has 0 aliphatic rings. The predicted octanol–water partition coefficient (Wildman–Crippen LogP) is 4.00. The summed E-state index contributed by atoms with van der Waals surface area (Å²) in [6.07, 6.45) is 0. The molecule has 7 heteroatoms. The fraction of sp³-hybridized carbons (Fsp3) is 0.278. The number of nitrogens with one attached hydrogen (secondary N) is 1. The van der Waals surface area contributed by atoms with Crippen molar-refractivity contribution in [2.45, 2.75) is 6.54 Å². The van der Waals surface area contributed by atoms with Gasteiger partial charge in [0.25, 0.3) is 5.91 Å². The van der Waals surface area contributed by atoms with E-state index < -0.39 is 11.7 Å². The predicted molar refractivity (Wildman–Crippen MR) is 98.1 cm³/mol. The van der Waals surface area contributed by atoms with Gasteiger partial charge in [0.1, 0.15) is 18.2 Å². The standard InChI is InChI=1S/C18H19Cl2FN2O2/c1-23(2)7-8-25-13-5-3-12(4-6-13)11-22-18(24)14-9-17(21)16(20)10-15(14)19/h3-6,9-10H,7-8,11H2,1-2H3,(H,22,24). The topological polar surface area (TPSA) is 41.6 Å². The number of carbonyl (C=O) groups is 1. The van der Waals surface area contributed by atoms with Crippen molar-refractivity contribution in [3.05, 3.63) is 63.4 Å². The Balaban J connectivity index is 1.90. The molecule has 2 aromatic carbocycles. The highest BCUT2D eigenvalue weighted by Crippen LogP contribution is 2.24. The number of ether oxygens (including phenoxy) is 1. The summed E-state index contributed by atoms with van der Waals surface area (Å²) >= 11 is 11.6. The van der Waals surface area contributed by atoms with Gasteiger partial charge in [-0.05, 0) is 43.9 Å². The van der Waals surface area contributed by atoms with Gasteiger partial charge in [0.2, 0.25) is 0 Å². The minimum Gasteiger partial charge on any atom is -0.492 e. The summed E-state index contributed by atoms with van der Waals surface area (Å²) in [5, 5.41) is 2.69. The lowest BCUT2D eigenvalue weighted by molar-refractivity contribution is 0.0950. The molecule has 0 heterocycles. The van der Waals surface area contributed by atoms with E-state index in [2.05, 4.69) is 5.32 Å². The Bertz CT molecular complexity index is 737. The van der Waals surface area contributed by atoms with E-state index in [1.165, 1.54) is 6.07 Å².